The van der Waals surface area contributed by atoms with E-state index in [2.05, 4.69) is 10.5 Å². The molecular weight excluding hydrogens is 278 g/mol. The molecular formula is C17H19N3O2. The zero-order valence-corrected chi connectivity index (χ0v) is 12.9. The van der Waals surface area contributed by atoms with Crippen molar-refractivity contribution in [2.75, 3.05) is 26.1 Å². The van der Waals surface area contributed by atoms with E-state index in [0.717, 1.165) is 11.3 Å². The topological polar surface area (TPSA) is 53.9 Å². The van der Waals surface area contributed by atoms with Crippen LogP contribution in [-0.2, 0) is 0 Å². The molecule has 0 saturated carbocycles. The highest BCUT2D eigenvalue weighted by molar-refractivity contribution is 5.95. The molecule has 0 aliphatic carbocycles. The fourth-order valence-electron chi connectivity index (χ4n) is 1.85. The van der Waals surface area contributed by atoms with E-state index >= 15 is 0 Å². The van der Waals surface area contributed by atoms with E-state index in [1.165, 1.54) is 0 Å². The molecule has 2 rings (SSSR count). The molecule has 0 spiro atoms. The quantitative estimate of drug-likeness (QED) is 0.681. The van der Waals surface area contributed by atoms with Crippen molar-refractivity contribution in [3.8, 4) is 5.75 Å². The Kier molecular flexibility index (Phi) is 5.14. The smallest absolute Gasteiger partial charge is 0.271 e. The number of ether oxygens (including phenoxy) is 1. The second-order valence-corrected chi connectivity index (χ2v) is 4.92. The van der Waals surface area contributed by atoms with Crippen molar-refractivity contribution in [1.82, 2.24) is 5.43 Å². The third-order valence-electron chi connectivity index (χ3n) is 3.12. The maximum absolute atomic E-state index is 12.0. The lowest BCUT2D eigenvalue weighted by molar-refractivity contribution is 0.0955. The number of anilines is 1. The molecule has 0 unspecified atom stereocenters. The van der Waals surface area contributed by atoms with Gasteiger partial charge in [-0.25, -0.2) is 5.43 Å². The van der Waals surface area contributed by atoms with E-state index in [1.807, 2.05) is 43.3 Å². The van der Waals surface area contributed by atoms with Gasteiger partial charge in [0.05, 0.1) is 13.3 Å². The summed E-state index contributed by atoms with van der Waals surface area (Å²) in [5, 5.41) is 3.97. The SMILES string of the molecule is COc1cccc(C(=O)NN=Cc2ccc(N(C)C)cc2)c1. The minimum atomic E-state index is -0.278. The molecule has 5 heteroatoms. The van der Waals surface area contributed by atoms with Crippen molar-refractivity contribution >= 4 is 17.8 Å². The molecule has 2 aromatic carbocycles. The average molecular weight is 297 g/mol. The molecule has 0 aliphatic heterocycles. The third kappa shape index (κ3) is 4.09. The predicted octanol–water partition coefficient (Wildman–Crippen LogP) is 2.53. The van der Waals surface area contributed by atoms with Gasteiger partial charge in [-0.2, -0.15) is 5.10 Å². The molecule has 0 atom stereocenters. The Labute approximate surface area is 130 Å². The number of carbonyl (C=O) groups is 1. The molecule has 0 fully saturated rings. The molecule has 0 saturated heterocycles. The van der Waals surface area contributed by atoms with Crippen molar-refractivity contribution in [3.63, 3.8) is 0 Å². The molecule has 114 valence electrons. The normalized spacial score (nSPS) is 10.5. The Balaban J connectivity index is 1.97. The number of hydrazone groups is 1. The molecule has 5 nitrogen and oxygen atoms in total. The van der Waals surface area contributed by atoms with Gasteiger partial charge in [-0.05, 0) is 35.9 Å². The van der Waals surface area contributed by atoms with Crippen LogP contribution in [-0.4, -0.2) is 33.3 Å². The van der Waals surface area contributed by atoms with Crippen molar-refractivity contribution in [2.24, 2.45) is 5.10 Å². The van der Waals surface area contributed by atoms with E-state index < -0.39 is 0 Å². The average Bonchev–Trinajstić information content (AvgIpc) is 2.55. The van der Waals surface area contributed by atoms with Crippen molar-refractivity contribution in [2.45, 2.75) is 0 Å². The molecule has 0 bridgehead atoms. The number of carbonyl (C=O) groups excluding carboxylic acids is 1. The zero-order chi connectivity index (χ0) is 15.9. The van der Waals surface area contributed by atoms with E-state index in [9.17, 15) is 4.79 Å². The second kappa shape index (κ2) is 7.26. The summed E-state index contributed by atoms with van der Waals surface area (Å²) in [5.41, 5.74) is 5.02. The molecule has 0 radical (unpaired) electrons. The van der Waals surface area contributed by atoms with Gasteiger partial charge in [0.25, 0.3) is 5.91 Å². The van der Waals surface area contributed by atoms with E-state index in [-0.39, 0.29) is 5.91 Å². The summed E-state index contributed by atoms with van der Waals surface area (Å²) in [6.45, 7) is 0. The fraction of sp³-hybridized carbons (Fsp3) is 0.176. The third-order valence-corrected chi connectivity index (χ3v) is 3.12. The van der Waals surface area contributed by atoms with Crippen LogP contribution in [0.4, 0.5) is 5.69 Å². The van der Waals surface area contributed by atoms with E-state index in [0.29, 0.717) is 11.3 Å². The van der Waals surface area contributed by atoms with Crippen LogP contribution in [0.1, 0.15) is 15.9 Å². The van der Waals surface area contributed by atoms with Gasteiger partial charge in [0.15, 0.2) is 0 Å². The van der Waals surface area contributed by atoms with Crippen LogP contribution in [0, 0.1) is 0 Å². The lowest BCUT2D eigenvalue weighted by atomic mass is 10.2. The summed E-state index contributed by atoms with van der Waals surface area (Å²) in [5.74, 6) is 0.357. The Morgan fingerprint density at radius 3 is 2.55 bits per heavy atom. The Morgan fingerprint density at radius 1 is 1.18 bits per heavy atom. The second-order valence-electron chi connectivity index (χ2n) is 4.92. The van der Waals surface area contributed by atoms with Gasteiger partial charge >= 0.3 is 0 Å². The number of benzene rings is 2. The first kappa shape index (κ1) is 15.6. The van der Waals surface area contributed by atoms with Crippen LogP contribution in [0.3, 0.4) is 0 Å². The summed E-state index contributed by atoms with van der Waals surface area (Å²) in [7, 11) is 5.53. The first-order valence-electron chi connectivity index (χ1n) is 6.85. The number of methoxy groups -OCH3 is 1. The van der Waals surface area contributed by atoms with Crippen LogP contribution in [0.5, 0.6) is 5.75 Å². The Hall–Kier alpha value is -2.82. The van der Waals surface area contributed by atoms with Crippen LogP contribution in [0.2, 0.25) is 0 Å². The fourth-order valence-corrected chi connectivity index (χ4v) is 1.85. The van der Waals surface area contributed by atoms with Crippen LogP contribution in [0.15, 0.2) is 53.6 Å². The maximum Gasteiger partial charge on any atom is 0.271 e. The first-order chi connectivity index (χ1) is 10.6. The highest BCUT2D eigenvalue weighted by Gasteiger charge is 2.04. The Bertz CT molecular complexity index is 664. The highest BCUT2D eigenvalue weighted by Crippen LogP contribution is 2.12. The van der Waals surface area contributed by atoms with Crippen LogP contribution in [0.25, 0.3) is 0 Å². The standard InChI is InChI=1S/C17H19N3O2/c1-20(2)15-9-7-13(8-10-15)12-18-19-17(21)14-5-4-6-16(11-14)22-3/h4-12H,1-3H3,(H,19,21). The highest BCUT2D eigenvalue weighted by atomic mass is 16.5. The lowest BCUT2D eigenvalue weighted by Crippen LogP contribution is -2.17. The van der Waals surface area contributed by atoms with Crippen LogP contribution >= 0.6 is 0 Å². The van der Waals surface area contributed by atoms with Crippen molar-refractivity contribution in [3.05, 3.63) is 59.7 Å². The minimum absolute atomic E-state index is 0.278. The van der Waals surface area contributed by atoms with Gasteiger partial charge < -0.3 is 9.64 Å². The van der Waals surface area contributed by atoms with Gasteiger partial charge in [-0.15, -0.1) is 0 Å². The molecule has 2 aromatic rings. The van der Waals surface area contributed by atoms with Crippen LogP contribution < -0.4 is 15.1 Å². The van der Waals surface area contributed by atoms with Gasteiger partial charge in [-0.3, -0.25) is 4.79 Å². The largest absolute Gasteiger partial charge is 0.497 e. The molecule has 1 N–H and O–H groups in total. The summed E-state index contributed by atoms with van der Waals surface area (Å²) >= 11 is 0. The maximum atomic E-state index is 12.0. The molecule has 0 heterocycles. The number of nitrogens with one attached hydrogen (secondary N) is 1. The van der Waals surface area contributed by atoms with Gasteiger partial charge in [-0.1, -0.05) is 18.2 Å². The first-order valence-corrected chi connectivity index (χ1v) is 6.85. The minimum Gasteiger partial charge on any atom is -0.497 e. The summed E-state index contributed by atoms with van der Waals surface area (Å²) < 4.78 is 5.09. The lowest BCUT2D eigenvalue weighted by Gasteiger charge is -2.11. The van der Waals surface area contributed by atoms with E-state index in [1.54, 1.807) is 37.6 Å². The molecule has 22 heavy (non-hydrogen) atoms. The molecule has 0 aromatic heterocycles. The molecule has 0 aliphatic rings. The van der Waals surface area contributed by atoms with Gasteiger partial charge in [0.1, 0.15) is 5.75 Å². The van der Waals surface area contributed by atoms with Gasteiger partial charge in [0, 0.05) is 25.3 Å². The zero-order valence-electron chi connectivity index (χ0n) is 12.9. The summed E-state index contributed by atoms with van der Waals surface area (Å²) in [6, 6.07) is 14.8. The predicted molar refractivity (Wildman–Crippen MR) is 88.8 cm³/mol. The number of nitrogens with zero attached hydrogens (tertiary/aromatic N) is 2. The van der Waals surface area contributed by atoms with Gasteiger partial charge in [0.2, 0.25) is 0 Å². The van der Waals surface area contributed by atoms with Crippen molar-refractivity contribution in [1.29, 1.82) is 0 Å². The Morgan fingerprint density at radius 2 is 1.91 bits per heavy atom. The summed E-state index contributed by atoms with van der Waals surface area (Å²) in [6.07, 6.45) is 1.61. The number of hydrogen-bond donors (Lipinski definition) is 1. The van der Waals surface area contributed by atoms with Crippen molar-refractivity contribution < 1.29 is 9.53 Å². The monoisotopic (exact) mass is 297 g/mol. The molecule has 1 amide bonds. The summed E-state index contributed by atoms with van der Waals surface area (Å²) in [4.78, 5) is 14.0. The number of hydrogen-bond acceptors (Lipinski definition) is 4. The number of rotatable bonds is 5. The van der Waals surface area contributed by atoms with E-state index in [4.69, 9.17) is 4.74 Å². The number of amides is 1.